The summed E-state index contributed by atoms with van der Waals surface area (Å²) in [5.41, 5.74) is 0.547. The molecule has 1 atom stereocenters. The van der Waals surface area contributed by atoms with Crippen molar-refractivity contribution in [2.24, 2.45) is 0 Å². The van der Waals surface area contributed by atoms with E-state index >= 15 is 0 Å². The predicted molar refractivity (Wildman–Crippen MR) is 129 cm³/mol. The quantitative estimate of drug-likeness (QED) is 0.403. The van der Waals surface area contributed by atoms with Gasteiger partial charge in [-0.2, -0.15) is 0 Å². The molecular weight excluding hydrogens is 422 g/mol. The van der Waals surface area contributed by atoms with Crippen molar-refractivity contribution in [1.82, 2.24) is 15.5 Å². The van der Waals surface area contributed by atoms with Crippen LogP contribution in [0.3, 0.4) is 0 Å². The maximum Gasteiger partial charge on any atom is 0.408 e. The first-order valence-electron chi connectivity index (χ1n) is 11.8. The van der Waals surface area contributed by atoms with Crippen LogP contribution < -0.4 is 10.6 Å². The highest BCUT2D eigenvalue weighted by molar-refractivity contribution is 5.90. The third-order valence-electron chi connectivity index (χ3n) is 5.03. The molecule has 0 spiro atoms. The number of benzene rings is 1. The number of carbonyl (C=O) groups excluding carboxylic acids is 3. The molecule has 0 saturated heterocycles. The van der Waals surface area contributed by atoms with Crippen LogP contribution in [-0.4, -0.2) is 53.1 Å². The maximum atomic E-state index is 13.3. The molecule has 0 radical (unpaired) electrons. The fourth-order valence-corrected chi connectivity index (χ4v) is 3.29. The Balaban J connectivity index is 3.15. The summed E-state index contributed by atoms with van der Waals surface area (Å²) >= 11 is 0. The summed E-state index contributed by atoms with van der Waals surface area (Å²) in [6.45, 7) is 11.7. The summed E-state index contributed by atoms with van der Waals surface area (Å²) in [7, 11) is 0. The van der Waals surface area contributed by atoms with Gasteiger partial charge in [0.15, 0.2) is 0 Å². The van der Waals surface area contributed by atoms with E-state index in [4.69, 9.17) is 4.74 Å². The Morgan fingerprint density at radius 2 is 1.73 bits per heavy atom. The first kappa shape index (κ1) is 28.3. The highest BCUT2D eigenvalue weighted by Gasteiger charge is 2.31. The summed E-state index contributed by atoms with van der Waals surface area (Å²) in [6.07, 6.45) is 3.74. The molecule has 8 nitrogen and oxygen atoms in total. The Morgan fingerprint density at radius 1 is 1.06 bits per heavy atom. The van der Waals surface area contributed by atoms with Crippen LogP contribution in [0.2, 0.25) is 0 Å². The van der Waals surface area contributed by atoms with E-state index in [9.17, 15) is 19.5 Å². The summed E-state index contributed by atoms with van der Waals surface area (Å²) < 4.78 is 5.22. The lowest BCUT2D eigenvalue weighted by atomic mass is 10.0. The number of ether oxygens (including phenoxy) is 1. The van der Waals surface area contributed by atoms with E-state index < -0.39 is 17.7 Å². The van der Waals surface area contributed by atoms with Crippen LogP contribution in [0.15, 0.2) is 18.2 Å². The SMILES string of the molecule is CCCCCNC(=O)C(c1ccc(O)c(C)c1)N(CCCC)C(=O)CNC(=O)OC(C)(C)C. The van der Waals surface area contributed by atoms with E-state index in [0.717, 1.165) is 25.7 Å². The van der Waals surface area contributed by atoms with Gasteiger partial charge in [-0.1, -0.05) is 39.2 Å². The zero-order valence-corrected chi connectivity index (χ0v) is 21.0. The number of aromatic hydroxyl groups is 1. The minimum atomic E-state index is -0.870. The number of unbranched alkanes of at least 4 members (excludes halogenated alkanes) is 3. The normalized spacial score (nSPS) is 12.1. The minimum absolute atomic E-state index is 0.124. The molecule has 1 rings (SSSR count). The summed E-state index contributed by atoms with van der Waals surface area (Å²) in [5.74, 6) is -0.537. The number of amides is 3. The van der Waals surface area contributed by atoms with Gasteiger partial charge in [-0.15, -0.1) is 0 Å². The molecule has 33 heavy (non-hydrogen) atoms. The average molecular weight is 464 g/mol. The number of alkyl carbamates (subject to hydrolysis) is 1. The predicted octanol–water partition coefficient (Wildman–Crippen LogP) is 4.20. The average Bonchev–Trinajstić information content (AvgIpc) is 2.73. The lowest BCUT2D eigenvalue weighted by molar-refractivity contribution is -0.140. The van der Waals surface area contributed by atoms with Crippen molar-refractivity contribution in [3.8, 4) is 5.75 Å². The molecule has 1 unspecified atom stereocenters. The van der Waals surface area contributed by atoms with Gasteiger partial charge in [-0.3, -0.25) is 9.59 Å². The number of hydrogen-bond donors (Lipinski definition) is 3. The van der Waals surface area contributed by atoms with Gasteiger partial charge in [-0.25, -0.2) is 4.79 Å². The van der Waals surface area contributed by atoms with Crippen molar-refractivity contribution >= 4 is 17.9 Å². The van der Waals surface area contributed by atoms with Gasteiger partial charge < -0.3 is 25.4 Å². The fraction of sp³-hybridized carbons (Fsp3) is 0.640. The van der Waals surface area contributed by atoms with Crippen molar-refractivity contribution in [3.05, 3.63) is 29.3 Å². The molecule has 0 aromatic heterocycles. The number of nitrogens with zero attached hydrogens (tertiary/aromatic N) is 1. The Hall–Kier alpha value is -2.77. The van der Waals surface area contributed by atoms with E-state index in [1.807, 2.05) is 6.92 Å². The Kier molecular flexibility index (Phi) is 11.7. The van der Waals surface area contributed by atoms with Gasteiger partial charge >= 0.3 is 6.09 Å². The van der Waals surface area contributed by atoms with Gasteiger partial charge in [0.05, 0.1) is 0 Å². The van der Waals surface area contributed by atoms with Crippen molar-refractivity contribution < 1.29 is 24.2 Å². The molecule has 0 aliphatic carbocycles. The molecule has 8 heteroatoms. The first-order valence-corrected chi connectivity index (χ1v) is 11.8. The van der Waals surface area contributed by atoms with Crippen LogP contribution in [0.1, 0.15) is 83.9 Å². The molecule has 0 heterocycles. The van der Waals surface area contributed by atoms with Crippen LogP contribution in [0, 0.1) is 6.92 Å². The van der Waals surface area contributed by atoms with Gasteiger partial charge in [0.25, 0.3) is 0 Å². The topological polar surface area (TPSA) is 108 Å². The van der Waals surface area contributed by atoms with E-state index in [2.05, 4.69) is 17.6 Å². The van der Waals surface area contributed by atoms with Crippen molar-refractivity contribution in [1.29, 1.82) is 0 Å². The minimum Gasteiger partial charge on any atom is -0.508 e. The van der Waals surface area contributed by atoms with Crippen LogP contribution in [0.5, 0.6) is 5.75 Å². The number of carbonyl (C=O) groups is 3. The second-order valence-corrected chi connectivity index (χ2v) is 9.24. The van der Waals surface area contributed by atoms with Crippen LogP contribution in [0.25, 0.3) is 0 Å². The van der Waals surface area contributed by atoms with Crippen LogP contribution in [0.4, 0.5) is 4.79 Å². The molecule has 1 aromatic rings. The fourth-order valence-electron chi connectivity index (χ4n) is 3.29. The molecule has 0 aliphatic rings. The summed E-state index contributed by atoms with van der Waals surface area (Å²) in [4.78, 5) is 40.0. The van der Waals surface area contributed by atoms with Crippen molar-refractivity contribution in [2.45, 2.75) is 85.3 Å². The van der Waals surface area contributed by atoms with E-state index in [0.29, 0.717) is 30.6 Å². The molecule has 1 aromatic carbocycles. The third kappa shape index (κ3) is 10.1. The second-order valence-electron chi connectivity index (χ2n) is 9.24. The molecule has 3 amide bonds. The molecular formula is C25H41N3O5. The zero-order chi connectivity index (χ0) is 25.0. The Labute approximate surface area is 198 Å². The molecule has 3 N–H and O–H groups in total. The number of hydrogen-bond acceptors (Lipinski definition) is 5. The second kappa shape index (κ2) is 13.7. The number of rotatable bonds is 12. The Bertz CT molecular complexity index is 789. The van der Waals surface area contributed by atoms with E-state index in [1.165, 1.54) is 11.0 Å². The lowest BCUT2D eigenvalue weighted by Gasteiger charge is -2.32. The van der Waals surface area contributed by atoms with E-state index in [-0.39, 0.29) is 24.1 Å². The van der Waals surface area contributed by atoms with Crippen LogP contribution in [-0.2, 0) is 14.3 Å². The molecule has 186 valence electrons. The smallest absolute Gasteiger partial charge is 0.408 e. The highest BCUT2D eigenvalue weighted by atomic mass is 16.6. The highest BCUT2D eigenvalue weighted by Crippen LogP contribution is 2.27. The maximum absolute atomic E-state index is 13.3. The number of phenols is 1. The number of aryl methyl sites for hydroxylation is 1. The van der Waals surface area contributed by atoms with Gasteiger partial charge in [0.2, 0.25) is 11.8 Å². The van der Waals surface area contributed by atoms with Gasteiger partial charge in [0, 0.05) is 13.1 Å². The van der Waals surface area contributed by atoms with Gasteiger partial charge in [-0.05, 0) is 63.8 Å². The monoisotopic (exact) mass is 463 g/mol. The zero-order valence-electron chi connectivity index (χ0n) is 21.0. The standard InChI is InChI=1S/C25H41N3O5/c1-7-9-11-14-26-23(31)22(19-12-13-20(29)18(3)16-19)28(15-10-8-2)21(30)17-27-24(32)33-25(4,5)6/h12-13,16,22,29H,7-11,14-15,17H2,1-6H3,(H,26,31)(H,27,32). The number of nitrogens with one attached hydrogen (secondary N) is 2. The lowest BCUT2D eigenvalue weighted by Crippen LogP contribution is -2.48. The first-order chi connectivity index (χ1) is 15.5. The molecule has 0 fully saturated rings. The molecule has 0 aliphatic heterocycles. The van der Waals surface area contributed by atoms with Crippen LogP contribution >= 0.6 is 0 Å². The largest absolute Gasteiger partial charge is 0.508 e. The molecule has 0 saturated carbocycles. The third-order valence-corrected chi connectivity index (χ3v) is 5.03. The van der Waals surface area contributed by atoms with Gasteiger partial charge in [0.1, 0.15) is 23.9 Å². The summed E-state index contributed by atoms with van der Waals surface area (Å²) in [5, 5.41) is 15.4. The number of phenolic OH excluding ortho intramolecular Hbond substituents is 1. The van der Waals surface area contributed by atoms with Crippen molar-refractivity contribution in [2.75, 3.05) is 19.6 Å². The van der Waals surface area contributed by atoms with E-state index in [1.54, 1.807) is 39.8 Å². The summed E-state index contributed by atoms with van der Waals surface area (Å²) in [6, 6.07) is 4.04. The van der Waals surface area contributed by atoms with Crippen molar-refractivity contribution in [3.63, 3.8) is 0 Å². The Morgan fingerprint density at radius 3 is 2.30 bits per heavy atom. The molecule has 0 bridgehead atoms.